The normalized spacial score (nSPS) is 14.7. The zero-order chi connectivity index (χ0) is 18.5. The Hall–Kier alpha value is -3.35. The third-order valence-corrected chi connectivity index (χ3v) is 3.98. The number of carbonyl (C=O) groups excluding carboxylic acids is 3. The van der Waals surface area contributed by atoms with Crippen LogP contribution in [0.15, 0.2) is 48.5 Å². The highest BCUT2D eigenvalue weighted by Crippen LogP contribution is 2.28. The Kier molecular flexibility index (Phi) is 5.17. The number of fused-ring (bicyclic) bond motifs is 1. The molecule has 1 aliphatic heterocycles. The van der Waals surface area contributed by atoms with E-state index >= 15 is 0 Å². The van der Waals surface area contributed by atoms with Crippen LogP contribution in [0.2, 0.25) is 0 Å². The minimum Gasteiger partial charge on any atom is -0.480 e. The van der Waals surface area contributed by atoms with Crippen LogP contribution in [0, 0.1) is 0 Å². The largest absolute Gasteiger partial charge is 0.480 e. The van der Waals surface area contributed by atoms with E-state index in [9.17, 15) is 14.4 Å². The fourth-order valence-electron chi connectivity index (χ4n) is 2.58. The number of esters is 1. The molecule has 0 saturated heterocycles. The van der Waals surface area contributed by atoms with Gasteiger partial charge in [0, 0.05) is 17.7 Å². The summed E-state index contributed by atoms with van der Waals surface area (Å²) in [5.74, 6) is -0.447. The second-order valence-corrected chi connectivity index (χ2v) is 5.74. The van der Waals surface area contributed by atoms with E-state index < -0.39 is 18.0 Å². The van der Waals surface area contributed by atoms with Crippen LogP contribution in [0.25, 0.3) is 0 Å². The first-order valence-electron chi connectivity index (χ1n) is 8.07. The van der Waals surface area contributed by atoms with E-state index in [1.807, 2.05) is 24.3 Å². The van der Waals surface area contributed by atoms with Gasteiger partial charge >= 0.3 is 5.97 Å². The number of methoxy groups -OCH3 is 1. The van der Waals surface area contributed by atoms with Crippen molar-refractivity contribution in [2.45, 2.75) is 12.5 Å². The van der Waals surface area contributed by atoms with Crippen LogP contribution in [-0.2, 0) is 20.7 Å². The summed E-state index contributed by atoms with van der Waals surface area (Å²) in [7, 11) is 1.25. The molecule has 0 radical (unpaired) electrons. The zero-order valence-electron chi connectivity index (χ0n) is 14.2. The smallest absolute Gasteiger partial charge is 0.325 e. The van der Waals surface area contributed by atoms with Gasteiger partial charge in [0.15, 0.2) is 6.10 Å². The van der Waals surface area contributed by atoms with Crippen molar-refractivity contribution >= 4 is 23.5 Å². The van der Waals surface area contributed by atoms with Crippen molar-refractivity contribution in [3.63, 3.8) is 0 Å². The van der Waals surface area contributed by atoms with Gasteiger partial charge in [0.05, 0.1) is 7.11 Å². The second kappa shape index (κ2) is 7.69. The van der Waals surface area contributed by atoms with Crippen LogP contribution >= 0.6 is 0 Å². The van der Waals surface area contributed by atoms with E-state index in [0.717, 1.165) is 11.3 Å². The van der Waals surface area contributed by atoms with Crippen molar-refractivity contribution in [3.05, 3.63) is 59.7 Å². The molecule has 0 fully saturated rings. The minimum absolute atomic E-state index is 0.201. The predicted octanol–water partition coefficient (Wildman–Crippen LogP) is 1.53. The van der Waals surface area contributed by atoms with Gasteiger partial charge in [-0.2, -0.15) is 0 Å². The third-order valence-electron chi connectivity index (χ3n) is 3.98. The van der Waals surface area contributed by atoms with Crippen LogP contribution in [0.3, 0.4) is 0 Å². The maximum absolute atomic E-state index is 12.3. The highest BCUT2D eigenvalue weighted by molar-refractivity contribution is 5.98. The SMILES string of the molecule is COC(=O)CNC(=O)c1ccc(NC(=O)[C@@H]2Cc3ccccc3O2)cc1. The van der Waals surface area contributed by atoms with Gasteiger partial charge in [-0.25, -0.2) is 0 Å². The van der Waals surface area contributed by atoms with Gasteiger partial charge in [0.25, 0.3) is 11.8 Å². The average Bonchev–Trinajstić information content (AvgIpc) is 3.10. The van der Waals surface area contributed by atoms with E-state index in [4.69, 9.17) is 4.74 Å². The number of hydrogen-bond donors (Lipinski definition) is 2. The number of rotatable bonds is 5. The predicted molar refractivity (Wildman–Crippen MR) is 94.0 cm³/mol. The number of nitrogens with one attached hydrogen (secondary N) is 2. The fourth-order valence-corrected chi connectivity index (χ4v) is 2.58. The van der Waals surface area contributed by atoms with E-state index in [-0.39, 0.29) is 12.5 Å². The average molecular weight is 354 g/mol. The summed E-state index contributed by atoms with van der Waals surface area (Å²) in [6.07, 6.45) is -0.0498. The Balaban J connectivity index is 1.55. The Morgan fingerprint density at radius 2 is 1.85 bits per heavy atom. The van der Waals surface area contributed by atoms with Crippen molar-refractivity contribution in [1.82, 2.24) is 5.32 Å². The molecule has 3 rings (SSSR count). The molecule has 1 atom stereocenters. The lowest BCUT2D eigenvalue weighted by molar-refractivity contribution is -0.139. The van der Waals surface area contributed by atoms with Crippen molar-refractivity contribution in [1.29, 1.82) is 0 Å². The molecule has 134 valence electrons. The van der Waals surface area contributed by atoms with E-state index in [2.05, 4.69) is 15.4 Å². The highest BCUT2D eigenvalue weighted by atomic mass is 16.5. The molecule has 0 spiro atoms. The van der Waals surface area contributed by atoms with Crippen molar-refractivity contribution in [2.24, 2.45) is 0 Å². The van der Waals surface area contributed by atoms with Crippen molar-refractivity contribution in [2.75, 3.05) is 19.0 Å². The summed E-state index contributed by atoms with van der Waals surface area (Å²) in [6.45, 7) is -0.201. The maximum atomic E-state index is 12.3. The summed E-state index contributed by atoms with van der Waals surface area (Å²) in [5.41, 5.74) is 1.93. The lowest BCUT2D eigenvalue weighted by atomic mass is 10.1. The topological polar surface area (TPSA) is 93.7 Å². The molecule has 2 amide bonds. The monoisotopic (exact) mass is 354 g/mol. The number of hydrogen-bond acceptors (Lipinski definition) is 5. The standard InChI is InChI=1S/C19H18N2O5/c1-25-17(22)11-20-18(23)12-6-8-14(9-7-12)21-19(24)16-10-13-4-2-3-5-15(13)26-16/h2-9,16H,10-11H2,1H3,(H,20,23)(H,21,24)/t16-/m0/s1. The number of amides is 2. The Labute approximate surface area is 150 Å². The molecule has 0 bridgehead atoms. The number of ether oxygens (including phenoxy) is 2. The third kappa shape index (κ3) is 4.00. The molecule has 26 heavy (non-hydrogen) atoms. The summed E-state index contributed by atoms with van der Waals surface area (Å²) < 4.78 is 10.1. The summed E-state index contributed by atoms with van der Waals surface area (Å²) in [6, 6.07) is 13.9. The van der Waals surface area contributed by atoms with Gasteiger partial charge < -0.3 is 20.1 Å². The molecule has 1 heterocycles. The number of para-hydroxylation sites is 1. The van der Waals surface area contributed by atoms with Crippen LogP contribution in [0.5, 0.6) is 5.75 Å². The van der Waals surface area contributed by atoms with Crippen LogP contribution in [0.4, 0.5) is 5.69 Å². The van der Waals surface area contributed by atoms with Crippen LogP contribution in [-0.4, -0.2) is 37.5 Å². The van der Waals surface area contributed by atoms with Gasteiger partial charge in [-0.3, -0.25) is 14.4 Å². The number of carbonyl (C=O) groups is 3. The highest BCUT2D eigenvalue weighted by Gasteiger charge is 2.28. The molecule has 0 unspecified atom stereocenters. The van der Waals surface area contributed by atoms with E-state index in [0.29, 0.717) is 17.7 Å². The van der Waals surface area contributed by atoms with Gasteiger partial charge in [-0.05, 0) is 35.9 Å². The second-order valence-electron chi connectivity index (χ2n) is 5.74. The Morgan fingerprint density at radius 1 is 1.12 bits per heavy atom. The van der Waals surface area contributed by atoms with Crippen molar-refractivity contribution < 1.29 is 23.9 Å². The molecule has 0 aromatic heterocycles. The minimum atomic E-state index is -0.574. The van der Waals surface area contributed by atoms with E-state index in [1.54, 1.807) is 24.3 Å². The summed E-state index contributed by atoms with van der Waals surface area (Å²) >= 11 is 0. The Morgan fingerprint density at radius 3 is 2.54 bits per heavy atom. The molecule has 1 aliphatic rings. The lowest BCUT2D eigenvalue weighted by Crippen LogP contribution is -2.31. The van der Waals surface area contributed by atoms with Gasteiger partial charge in [-0.1, -0.05) is 18.2 Å². The summed E-state index contributed by atoms with van der Waals surface area (Å²) in [4.78, 5) is 35.3. The molecule has 2 N–H and O–H groups in total. The molecule has 2 aromatic carbocycles. The summed E-state index contributed by atoms with van der Waals surface area (Å²) in [5, 5.41) is 5.22. The lowest BCUT2D eigenvalue weighted by Gasteiger charge is -2.12. The number of benzene rings is 2. The first kappa shape index (κ1) is 17.5. The molecule has 2 aromatic rings. The first-order chi connectivity index (χ1) is 12.6. The van der Waals surface area contributed by atoms with Gasteiger partial charge in [0.1, 0.15) is 12.3 Å². The van der Waals surface area contributed by atoms with Gasteiger partial charge in [-0.15, -0.1) is 0 Å². The molecular weight excluding hydrogens is 336 g/mol. The first-order valence-corrected chi connectivity index (χ1v) is 8.07. The van der Waals surface area contributed by atoms with Gasteiger partial charge in [0.2, 0.25) is 0 Å². The zero-order valence-corrected chi connectivity index (χ0v) is 14.2. The molecule has 7 heteroatoms. The van der Waals surface area contributed by atoms with Crippen LogP contribution < -0.4 is 15.4 Å². The quantitative estimate of drug-likeness (QED) is 0.794. The Bertz CT molecular complexity index is 807. The molecule has 7 nitrogen and oxygen atoms in total. The number of anilines is 1. The molecular formula is C19H18N2O5. The molecule has 0 saturated carbocycles. The maximum Gasteiger partial charge on any atom is 0.325 e. The molecule has 0 aliphatic carbocycles. The van der Waals surface area contributed by atoms with E-state index in [1.165, 1.54) is 7.11 Å². The van der Waals surface area contributed by atoms with Crippen LogP contribution in [0.1, 0.15) is 15.9 Å². The fraction of sp³-hybridized carbons (Fsp3) is 0.211. The van der Waals surface area contributed by atoms with Crippen molar-refractivity contribution in [3.8, 4) is 5.75 Å².